The lowest BCUT2D eigenvalue weighted by Gasteiger charge is -2.25. The van der Waals surface area contributed by atoms with Crippen LogP contribution in [0.15, 0.2) is 48.5 Å². The van der Waals surface area contributed by atoms with Crippen molar-refractivity contribution in [1.29, 1.82) is 0 Å². The SMILES string of the molecule is COC1CN(C(=O)[C@H](CC(C)C)NC(=O)OCC2c3ccccc3-c3ccccc32)CC1C(=O)O. The van der Waals surface area contributed by atoms with E-state index in [4.69, 9.17) is 9.47 Å². The minimum absolute atomic E-state index is 0.0492. The predicted molar refractivity (Wildman–Crippen MR) is 130 cm³/mol. The summed E-state index contributed by atoms with van der Waals surface area (Å²) in [4.78, 5) is 39.1. The fourth-order valence-corrected chi connectivity index (χ4v) is 5.13. The van der Waals surface area contributed by atoms with E-state index in [0.717, 1.165) is 22.3 Å². The summed E-state index contributed by atoms with van der Waals surface area (Å²) in [5.41, 5.74) is 4.50. The van der Waals surface area contributed by atoms with Crippen molar-refractivity contribution < 1.29 is 29.0 Å². The van der Waals surface area contributed by atoms with Gasteiger partial charge in [0.25, 0.3) is 0 Å². The van der Waals surface area contributed by atoms with E-state index in [2.05, 4.69) is 17.4 Å². The second-order valence-corrected chi connectivity index (χ2v) is 9.61. The van der Waals surface area contributed by atoms with Crippen molar-refractivity contribution in [3.8, 4) is 11.1 Å². The molecule has 4 rings (SSSR count). The van der Waals surface area contributed by atoms with Gasteiger partial charge in [-0.05, 0) is 34.6 Å². The molecule has 186 valence electrons. The lowest BCUT2D eigenvalue weighted by Crippen LogP contribution is -2.49. The van der Waals surface area contributed by atoms with Gasteiger partial charge in [0.15, 0.2) is 0 Å². The minimum Gasteiger partial charge on any atom is -0.481 e. The normalized spacial score (nSPS) is 19.8. The molecule has 8 heteroatoms. The molecule has 1 saturated heterocycles. The number of ether oxygens (including phenoxy) is 2. The first kappa shape index (κ1) is 24.7. The Morgan fingerprint density at radius 2 is 1.63 bits per heavy atom. The van der Waals surface area contributed by atoms with Crippen LogP contribution in [0.3, 0.4) is 0 Å². The molecule has 1 heterocycles. The van der Waals surface area contributed by atoms with Crippen LogP contribution in [0.4, 0.5) is 4.79 Å². The summed E-state index contributed by atoms with van der Waals surface area (Å²) in [7, 11) is 1.44. The van der Waals surface area contributed by atoms with Gasteiger partial charge in [0, 0.05) is 26.1 Å². The average molecular weight is 481 g/mol. The van der Waals surface area contributed by atoms with Crippen molar-refractivity contribution in [2.75, 3.05) is 26.8 Å². The van der Waals surface area contributed by atoms with Crippen molar-refractivity contribution in [3.63, 3.8) is 0 Å². The van der Waals surface area contributed by atoms with Crippen LogP contribution in [0.1, 0.15) is 37.3 Å². The van der Waals surface area contributed by atoms with Crippen LogP contribution >= 0.6 is 0 Å². The number of carbonyl (C=O) groups excluding carboxylic acids is 2. The maximum absolute atomic E-state index is 13.2. The third-order valence-corrected chi connectivity index (χ3v) is 6.84. The van der Waals surface area contributed by atoms with E-state index in [0.29, 0.717) is 6.42 Å². The molecule has 0 bridgehead atoms. The number of carbonyl (C=O) groups is 3. The van der Waals surface area contributed by atoms with E-state index in [-0.39, 0.29) is 37.4 Å². The average Bonchev–Trinajstić information content (AvgIpc) is 3.41. The molecule has 3 atom stereocenters. The standard InChI is InChI=1S/C27H32N2O6/c1-16(2)12-23(25(30)29-13-21(26(31)32)24(14-29)34-3)28-27(33)35-15-22-19-10-6-4-8-17(19)18-9-5-7-11-20(18)22/h4-11,16,21-24H,12-15H2,1-3H3,(H,28,33)(H,31,32)/t21?,23-,24?/m0/s1. The van der Waals surface area contributed by atoms with E-state index < -0.39 is 30.1 Å². The van der Waals surface area contributed by atoms with Gasteiger partial charge in [0.1, 0.15) is 18.6 Å². The molecule has 35 heavy (non-hydrogen) atoms. The van der Waals surface area contributed by atoms with Crippen LogP contribution in [-0.2, 0) is 19.1 Å². The van der Waals surface area contributed by atoms with Crippen molar-refractivity contribution in [2.45, 2.75) is 38.3 Å². The van der Waals surface area contributed by atoms with Gasteiger partial charge in [0.05, 0.1) is 6.10 Å². The Bertz CT molecular complexity index is 1060. The number of methoxy groups -OCH3 is 1. The first-order chi connectivity index (χ1) is 16.8. The monoisotopic (exact) mass is 480 g/mol. The molecular weight excluding hydrogens is 448 g/mol. The third kappa shape index (κ3) is 5.17. The van der Waals surface area contributed by atoms with Crippen LogP contribution in [0.25, 0.3) is 11.1 Å². The molecule has 1 aliphatic heterocycles. The summed E-state index contributed by atoms with van der Waals surface area (Å²) < 4.78 is 10.9. The number of fused-ring (bicyclic) bond motifs is 3. The zero-order valence-electron chi connectivity index (χ0n) is 20.3. The third-order valence-electron chi connectivity index (χ3n) is 6.84. The van der Waals surface area contributed by atoms with Crippen LogP contribution in [0.5, 0.6) is 0 Å². The second kappa shape index (κ2) is 10.5. The molecular formula is C27H32N2O6. The van der Waals surface area contributed by atoms with Crippen LogP contribution in [-0.4, -0.2) is 66.9 Å². The van der Waals surface area contributed by atoms with Crippen LogP contribution < -0.4 is 5.32 Å². The maximum atomic E-state index is 13.2. The Labute approximate surface area is 205 Å². The van der Waals surface area contributed by atoms with Gasteiger partial charge in [-0.1, -0.05) is 62.4 Å². The number of carboxylic acids is 1. The van der Waals surface area contributed by atoms with Crippen LogP contribution in [0, 0.1) is 11.8 Å². The summed E-state index contributed by atoms with van der Waals surface area (Å²) in [6.07, 6.45) is -0.830. The van der Waals surface area contributed by atoms with Gasteiger partial charge in [-0.15, -0.1) is 0 Å². The molecule has 0 saturated carbocycles. The molecule has 2 unspecified atom stereocenters. The number of amides is 2. The zero-order chi connectivity index (χ0) is 25.1. The number of hydrogen-bond acceptors (Lipinski definition) is 5. The van der Waals surface area contributed by atoms with Crippen molar-refractivity contribution in [2.24, 2.45) is 11.8 Å². The summed E-state index contributed by atoms with van der Waals surface area (Å²) in [5, 5.41) is 12.2. The topological polar surface area (TPSA) is 105 Å². The highest BCUT2D eigenvalue weighted by atomic mass is 16.5. The molecule has 1 fully saturated rings. The quantitative estimate of drug-likeness (QED) is 0.599. The van der Waals surface area contributed by atoms with Gasteiger partial charge in [-0.3, -0.25) is 9.59 Å². The van der Waals surface area contributed by atoms with Crippen LogP contribution in [0.2, 0.25) is 0 Å². The fourth-order valence-electron chi connectivity index (χ4n) is 5.13. The highest BCUT2D eigenvalue weighted by molar-refractivity contribution is 5.87. The number of nitrogens with one attached hydrogen (secondary N) is 1. The molecule has 2 aromatic carbocycles. The molecule has 8 nitrogen and oxygen atoms in total. The van der Waals surface area contributed by atoms with Gasteiger partial charge >= 0.3 is 12.1 Å². The molecule has 1 aliphatic carbocycles. The lowest BCUT2D eigenvalue weighted by molar-refractivity contribution is -0.144. The second-order valence-electron chi connectivity index (χ2n) is 9.61. The number of carboxylic acid groups (broad SMARTS) is 1. The van der Waals surface area contributed by atoms with Crippen molar-refractivity contribution in [1.82, 2.24) is 10.2 Å². The van der Waals surface area contributed by atoms with Gasteiger partial charge in [-0.25, -0.2) is 4.79 Å². The smallest absolute Gasteiger partial charge is 0.407 e. The molecule has 2 amide bonds. The fraction of sp³-hybridized carbons (Fsp3) is 0.444. The predicted octanol–water partition coefficient (Wildman–Crippen LogP) is 3.50. The van der Waals surface area contributed by atoms with Crippen molar-refractivity contribution in [3.05, 3.63) is 59.7 Å². The summed E-state index contributed by atoms with van der Waals surface area (Å²) in [6, 6.07) is 15.4. The number of likely N-dealkylation sites (tertiary alicyclic amines) is 1. The molecule has 0 aromatic heterocycles. The minimum atomic E-state index is -1.00. The van der Waals surface area contributed by atoms with E-state index in [1.54, 1.807) is 0 Å². The maximum Gasteiger partial charge on any atom is 0.407 e. The number of rotatable bonds is 8. The first-order valence-electron chi connectivity index (χ1n) is 12.0. The summed E-state index contributed by atoms with van der Waals surface area (Å²) >= 11 is 0. The van der Waals surface area contributed by atoms with Gasteiger partial charge in [0.2, 0.25) is 5.91 Å². The largest absolute Gasteiger partial charge is 0.481 e. The van der Waals surface area contributed by atoms with E-state index in [1.165, 1.54) is 12.0 Å². The molecule has 0 radical (unpaired) electrons. The first-order valence-corrected chi connectivity index (χ1v) is 12.0. The number of benzene rings is 2. The Morgan fingerprint density at radius 1 is 1.03 bits per heavy atom. The molecule has 2 aromatic rings. The molecule has 0 spiro atoms. The van der Waals surface area contributed by atoms with E-state index in [1.807, 2.05) is 50.2 Å². The Hall–Kier alpha value is -3.39. The Morgan fingerprint density at radius 3 is 2.14 bits per heavy atom. The highest BCUT2D eigenvalue weighted by Gasteiger charge is 2.42. The summed E-state index contributed by atoms with van der Waals surface area (Å²) in [6.45, 7) is 4.29. The zero-order valence-corrected chi connectivity index (χ0v) is 20.3. The Kier molecular flexibility index (Phi) is 7.40. The summed E-state index contributed by atoms with van der Waals surface area (Å²) in [5.74, 6) is -2.06. The van der Waals surface area contributed by atoms with E-state index >= 15 is 0 Å². The molecule has 2 aliphatic rings. The van der Waals surface area contributed by atoms with Gasteiger partial charge < -0.3 is 24.8 Å². The van der Waals surface area contributed by atoms with Gasteiger partial charge in [-0.2, -0.15) is 0 Å². The number of aliphatic carboxylic acids is 1. The molecule has 2 N–H and O–H groups in total. The Balaban J connectivity index is 1.43. The highest BCUT2D eigenvalue weighted by Crippen LogP contribution is 2.44. The lowest BCUT2D eigenvalue weighted by atomic mass is 9.98. The van der Waals surface area contributed by atoms with Crippen molar-refractivity contribution >= 4 is 18.0 Å². The number of nitrogens with zero attached hydrogens (tertiary/aromatic N) is 1. The number of alkyl carbamates (subject to hydrolysis) is 1. The van der Waals surface area contributed by atoms with E-state index in [9.17, 15) is 19.5 Å². The number of hydrogen-bond donors (Lipinski definition) is 2.